The third kappa shape index (κ3) is 2.56. The Kier molecular flexibility index (Phi) is 3.94. The van der Waals surface area contributed by atoms with Crippen molar-refractivity contribution in [2.75, 3.05) is 0 Å². The van der Waals surface area contributed by atoms with E-state index in [0.29, 0.717) is 6.54 Å². The summed E-state index contributed by atoms with van der Waals surface area (Å²) in [4.78, 5) is 0. The van der Waals surface area contributed by atoms with Gasteiger partial charge in [0.05, 0.1) is 11.9 Å². The minimum atomic E-state index is 0.538. The van der Waals surface area contributed by atoms with E-state index in [-0.39, 0.29) is 0 Å². The predicted molar refractivity (Wildman–Crippen MR) is 70.5 cm³/mol. The maximum Gasteiger partial charge on any atom is 0.0727 e. The molecule has 0 radical (unpaired) electrons. The molecule has 90 valence electrons. The quantitative estimate of drug-likeness (QED) is 0.856. The van der Waals surface area contributed by atoms with E-state index in [1.807, 2.05) is 24.4 Å². The van der Waals surface area contributed by atoms with Gasteiger partial charge in [-0.1, -0.05) is 43.7 Å². The van der Waals surface area contributed by atoms with E-state index in [1.165, 1.54) is 17.7 Å². The number of nitrogens with zero attached hydrogens (tertiary/aromatic N) is 2. The number of hydrogen-bond donors (Lipinski definition) is 1. The largest absolute Gasteiger partial charge is 0.326 e. The Morgan fingerprint density at radius 1 is 1.24 bits per heavy atom. The highest BCUT2D eigenvalue weighted by Gasteiger charge is 2.10. The van der Waals surface area contributed by atoms with Crippen molar-refractivity contribution in [2.45, 2.75) is 32.9 Å². The van der Waals surface area contributed by atoms with Gasteiger partial charge in [0, 0.05) is 24.2 Å². The first-order valence-corrected chi connectivity index (χ1v) is 6.17. The van der Waals surface area contributed by atoms with E-state index in [9.17, 15) is 0 Å². The Balaban J connectivity index is 2.39. The molecule has 0 amide bonds. The molecule has 1 heterocycles. The third-order valence-electron chi connectivity index (χ3n) is 2.91. The molecule has 0 atom stereocenters. The molecular formula is C14H19N3. The molecule has 0 saturated heterocycles. The molecule has 0 bridgehead atoms. The third-order valence-corrected chi connectivity index (χ3v) is 2.91. The maximum atomic E-state index is 5.78. The molecule has 2 aromatic rings. The SMILES string of the molecule is CCCCn1ncc(CN)c1-c1ccccc1. The van der Waals surface area contributed by atoms with E-state index in [4.69, 9.17) is 5.73 Å². The molecular weight excluding hydrogens is 210 g/mol. The van der Waals surface area contributed by atoms with Gasteiger partial charge in [0.2, 0.25) is 0 Å². The number of aryl methyl sites for hydroxylation is 1. The number of nitrogens with two attached hydrogens (primary N) is 1. The van der Waals surface area contributed by atoms with Crippen LogP contribution in [0, 0.1) is 0 Å². The molecule has 0 saturated carbocycles. The summed E-state index contributed by atoms with van der Waals surface area (Å²) in [5.41, 5.74) is 9.26. The molecule has 0 aliphatic carbocycles. The fourth-order valence-electron chi connectivity index (χ4n) is 1.98. The zero-order valence-corrected chi connectivity index (χ0v) is 10.3. The summed E-state index contributed by atoms with van der Waals surface area (Å²) >= 11 is 0. The summed E-state index contributed by atoms with van der Waals surface area (Å²) in [6.07, 6.45) is 4.20. The first kappa shape index (κ1) is 11.9. The second kappa shape index (κ2) is 5.64. The van der Waals surface area contributed by atoms with Gasteiger partial charge in [-0.2, -0.15) is 5.10 Å². The monoisotopic (exact) mass is 229 g/mol. The normalized spacial score (nSPS) is 10.7. The number of aromatic nitrogens is 2. The molecule has 1 aromatic heterocycles. The fourth-order valence-corrected chi connectivity index (χ4v) is 1.98. The summed E-state index contributed by atoms with van der Waals surface area (Å²) < 4.78 is 2.07. The van der Waals surface area contributed by atoms with E-state index >= 15 is 0 Å². The van der Waals surface area contributed by atoms with Gasteiger partial charge in [-0.15, -0.1) is 0 Å². The van der Waals surface area contributed by atoms with Crippen LogP contribution in [0.2, 0.25) is 0 Å². The molecule has 0 unspecified atom stereocenters. The van der Waals surface area contributed by atoms with E-state index < -0.39 is 0 Å². The van der Waals surface area contributed by atoms with Crippen LogP contribution in [0.5, 0.6) is 0 Å². The molecule has 0 aliphatic rings. The second-order valence-corrected chi connectivity index (χ2v) is 4.17. The molecule has 0 aliphatic heterocycles. The van der Waals surface area contributed by atoms with Crippen LogP contribution < -0.4 is 5.73 Å². The lowest BCUT2D eigenvalue weighted by Crippen LogP contribution is -2.04. The van der Waals surface area contributed by atoms with Crippen LogP contribution in [0.1, 0.15) is 25.3 Å². The standard InChI is InChI=1S/C14H19N3/c1-2-3-9-17-14(13(10-15)11-16-17)12-7-5-4-6-8-12/h4-8,11H,2-3,9-10,15H2,1H3. The summed E-state index contributed by atoms with van der Waals surface area (Å²) in [6.45, 7) is 3.69. The summed E-state index contributed by atoms with van der Waals surface area (Å²) in [5, 5.41) is 4.44. The minimum Gasteiger partial charge on any atom is -0.326 e. The number of benzene rings is 1. The van der Waals surface area contributed by atoms with Gasteiger partial charge < -0.3 is 5.73 Å². The lowest BCUT2D eigenvalue weighted by Gasteiger charge is -2.08. The molecule has 3 nitrogen and oxygen atoms in total. The van der Waals surface area contributed by atoms with Crippen molar-refractivity contribution in [3.05, 3.63) is 42.1 Å². The highest BCUT2D eigenvalue weighted by Crippen LogP contribution is 2.23. The van der Waals surface area contributed by atoms with Gasteiger partial charge >= 0.3 is 0 Å². The fraction of sp³-hybridized carbons (Fsp3) is 0.357. The average Bonchev–Trinajstić information content (AvgIpc) is 2.80. The number of hydrogen-bond acceptors (Lipinski definition) is 2. The van der Waals surface area contributed by atoms with E-state index in [2.05, 4.69) is 28.8 Å². The van der Waals surface area contributed by atoms with Crippen LogP contribution in [0.25, 0.3) is 11.3 Å². The Morgan fingerprint density at radius 3 is 2.65 bits per heavy atom. The smallest absolute Gasteiger partial charge is 0.0727 e. The van der Waals surface area contributed by atoms with Gasteiger partial charge in [0.1, 0.15) is 0 Å². The van der Waals surface area contributed by atoms with Crippen LogP contribution in [0.4, 0.5) is 0 Å². The van der Waals surface area contributed by atoms with Crippen molar-refractivity contribution < 1.29 is 0 Å². The van der Waals surface area contributed by atoms with Crippen molar-refractivity contribution in [3.63, 3.8) is 0 Å². The molecule has 3 heteroatoms. The Labute approximate surface area is 102 Å². The van der Waals surface area contributed by atoms with Crippen LogP contribution in [0.15, 0.2) is 36.5 Å². The van der Waals surface area contributed by atoms with E-state index in [0.717, 1.165) is 18.5 Å². The molecule has 1 aromatic carbocycles. The molecule has 2 rings (SSSR count). The van der Waals surface area contributed by atoms with Crippen LogP contribution in [-0.4, -0.2) is 9.78 Å². The lowest BCUT2D eigenvalue weighted by molar-refractivity contribution is 0.577. The zero-order chi connectivity index (χ0) is 12.1. The number of rotatable bonds is 5. The van der Waals surface area contributed by atoms with Gasteiger partial charge in [-0.3, -0.25) is 4.68 Å². The Bertz CT molecular complexity index is 460. The van der Waals surface area contributed by atoms with Crippen LogP contribution >= 0.6 is 0 Å². The highest BCUT2D eigenvalue weighted by atomic mass is 15.3. The highest BCUT2D eigenvalue weighted by molar-refractivity contribution is 5.63. The van der Waals surface area contributed by atoms with Crippen LogP contribution in [-0.2, 0) is 13.1 Å². The average molecular weight is 229 g/mol. The van der Waals surface area contributed by atoms with Gasteiger partial charge in [-0.25, -0.2) is 0 Å². The summed E-state index contributed by atoms with van der Waals surface area (Å²) in [5.74, 6) is 0. The molecule has 0 fully saturated rings. The van der Waals surface area contributed by atoms with Crippen molar-refractivity contribution in [3.8, 4) is 11.3 Å². The topological polar surface area (TPSA) is 43.8 Å². The van der Waals surface area contributed by atoms with Gasteiger partial charge in [0.15, 0.2) is 0 Å². The van der Waals surface area contributed by atoms with Crippen molar-refractivity contribution in [2.24, 2.45) is 5.73 Å². The zero-order valence-electron chi connectivity index (χ0n) is 10.3. The second-order valence-electron chi connectivity index (χ2n) is 4.17. The first-order valence-electron chi connectivity index (χ1n) is 6.17. The number of unbranched alkanes of at least 4 members (excludes halogenated alkanes) is 1. The van der Waals surface area contributed by atoms with E-state index in [1.54, 1.807) is 0 Å². The Hall–Kier alpha value is -1.61. The van der Waals surface area contributed by atoms with Crippen LogP contribution in [0.3, 0.4) is 0 Å². The maximum absolute atomic E-state index is 5.78. The van der Waals surface area contributed by atoms with Gasteiger partial charge in [-0.05, 0) is 6.42 Å². The predicted octanol–water partition coefficient (Wildman–Crippen LogP) is 2.81. The molecule has 2 N–H and O–H groups in total. The minimum absolute atomic E-state index is 0.538. The molecule has 17 heavy (non-hydrogen) atoms. The first-order chi connectivity index (χ1) is 8.36. The van der Waals surface area contributed by atoms with Crippen molar-refractivity contribution in [1.29, 1.82) is 0 Å². The summed E-state index contributed by atoms with van der Waals surface area (Å²) in [6, 6.07) is 10.3. The van der Waals surface area contributed by atoms with Gasteiger partial charge in [0.25, 0.3) is 0 Å². The Morgan fingerprint density at radius 2 is 2.00 bits per heavy atom. The summed E-state index contributed by atoms with van der Waals surface area (Å²) in [7, 11) is 0. The molecule has 0 spiro atoms. The van der Waals surface area contributed by atoms with Crippen molar-refractivity contribution >= 4 is 0 Å². The lowest BCUT2D eigenvalue weighted by atomic mass is 10.1. The van der Waals surface area contributed by atoms with Crippen molar-refractivity contribution in [1.82, 2.24) is 9.78 Å².